The second-order valence-electron chi connectivity index (χ2n) is 3.18. The Balaban J connectivity index is 4.00. The molecular formula is C7H17NO4S. The van der Waals surface area contributed by atoms with E-state index in [1.165, 1.54) is 7.05 Å². The van der Waals surface area contributed by atoms with Gasteiger partial charge in [0, 0.05) is 7.05 Å². The van der Waals surface area contributed by atoms with Crippen molar-refractivity contribution in [3.05, 3.63) is 0 Å². The molecule has 6 heteroatoms. The third-order valence-electron chi connectivity index (χ3n) is 1.41. The zero-order chi connectivity index (χ0) is 10.6. The Morgan fingerprint density at radius 3 is 2.23 bits per heavy atom. The van der Waals surface area contributed by atoms with E-state index in [9.17, 15) is 13.5 Å². The molecule has 0 radical (unpaired) electrons. The van der Waals surface area contributed by atoms with Crippen LogP contribution in [0.3, 0.4) is 0 Å². The van der Waals surface area contributed by atoms with E-state index in [0.29, 0.717) is 0 Å². The molecule has 0 fully saturated rings. The smallest absolute Gasteiger partial charge is 0.211 e. The van der Waals surface area contributed by atoms with Gasteiger partial charge in [0.2, 0.25) is 10.0 Å². The lowest BCUT2D eigenvalue weighted by Crippen LogP contribution is -2.35. The van der Waals surface area contributed by atoms with Crippen molar-refractivity contribution >= 4 is 10.0 Å². The van der Waals surface area contributed by atoms with Crippen molar-refractivity contribution in [2.45, 2.75) is 26.2 Å². The number of aliphatic hydroxyl groups is 1. The third kappa shape index (κ3) is 5.98. The van der Waals surface area contributed by atoms with Crippen LogP contribution in [0, 0.1) is 0 Å². The normalized spacial score (nSPS) is 15.3. The predicted molar refractivity (Wildman–Crippen MR) is 49.7 cm³/mol. The Kier molecular flexibility index (Phi) is 4.83. The minimum absolute atomic E-state index is 0.0446. The fourth-order valence-electron chi connectivity index (χ4n) is 0.713. The minimum Gasteiger partial charge on any atom is -0.367 e. The summed E-state index contributed by atoms with van der Waals surface area (Å²) in [5, 5.41) is 9.22. The molecule has 0 rings (SSSR count). The van der Waals surface area contributed by atoms with Crippen LogP contribution in [-0.2, 0) is 14.8 Å². The molecule has 0 saturated carbocycles. The molecule has 0 amide bonds. The highest BCUT2D eigenvalue weighted by atomic mass is 32.2. The molecule has 0 aromatic rings. The van der Waals surface area contributed by atoms with E-state index in [2.05, 4.69) is 0 Å². The molecule has 0 unspecified atom stereocenters. The van der Waals surface area contributed by atoms with Gasteiger partial charge in [0.1, 0.15) is 0 Å². The number of hydrogen-bond donors (Lipinski definition) is 1. The standard InChI is InChI=1S/C7H17NO4S/c1-6(2)12-7(9)5-8(3)13(4,10)11/h6-7,9H,5H2,1-4H3/t7-/m1/s1. The van der Waals surface area contributed by atoms with Gasteiger partial charge in [-0.25, -0.2) is 12.7 Å². The molecule has 0 aromatic carbocycles. The van der Waals surface area contributed by atoms with Gasteiger partial charge < -0.3 is 9.84 Å². The van der Waals surface area contributed by atoms with Crippen LogP contribution < -0.4 is 0 Å². The van der Waals surface area contributed by atoms with Gasteiger partial charge in [-0.15, -0.1) is 0 Å². The van der Waals surface area contributed by atoms with Crippen molar-refractivity contribution in [2.75, 3.05) is 19.8 Å². The lowest BCUT2D eigenvalue weighted by atomic mass is 10.5. The maximum atomic E-state index is 10.9. The molecule has 0 aliphatic rings. The van der Waals surface area contributed by atoms with E-state index in [0.717, 1.165) is 10.6 Å². The molecule has 1 N–H and O–H groups in total. The first-order valence-electron chi connectivity index (χ1n) is 3.98. The molecule has 0 saturated heterocycles. The van der Waals surface area contributed by atoms with E-state index in [4.69, 9.17) is 4.74 Å². The van der Waals surface area contributed by atoms with Gasteiger partial charge >= 0.3 is 0 Å². The van der Waals surface area contributed by atoms with Crippen molar-refractivity contribution in [3.63, 3.8) is 0 Å². The highest BCUT2D eigenvalue weighted by Crippen LogP contribution is 1.99. The third-order valence-corrected chi connectivity index (χ3v) is 2.69. The van der Waals surface area contributed by atoms with Crippen LogP contribution in [0.25, 0.3) is 0 Å². The van der Waals surface area contributed by atoms with Crippen molar-refractivity contribution in [1.29, 1.82) is 0 Å². The first-order chi connectivity index (χ1) is 5.73. The van der Waals surface area contributed by atoms with Gasteiger partial charge in [0.05, 0.1) is 18.9 Å². The number of ether oxygens (including phenoxy) is 1. The zero-order valence-electron chi connectivity index (χ0n) is 8.39. The second kappa shape index (κ2) is 4.90. The maximum Gasteiger partial charge on any atom is 0.211 e. The summed E-state index contributed by atoms with van der Waals surface area (Å²) in [6.45, 7) is 3.49. The number of aliphatic hydroxyl groups excluding tert-OH is 1. The minimum atomic E-state index is -3.24. The van der Waals surface area contributed by atoms with Crippen LogP contribution in [-0.4, -0.2) is 50.1 Å². The number of rotatable bonds is 5. The number of likely N-dealkylation sites (N-methyl/N-ethyl adjacent to an activating group) is 1. The van der Waals surface area contributed by atoms with Crippen LogP contribution in [0.4, 0.5) is 0 Å². The molecule has 0 aromatic heterocycles. The Labute approximate surface area is 79.4 Å². The Hall–Kier alpha value is -0.170. The summed E-state index contributed by atoms with van der Waals surface area (Å²) in [5.41, 5.74) is 0. The molecule has 0 aliphatic heterocycles. The van der Waals surface area contributed by atoms with Crippen LogP contribution in [0.1, 0.15) is 13.8 Å². The number of nitrogens with zero attached hydrogens (tertiary/aromatic N) is 1. The van der Waals surface area contributed by atoms with Gasteiger partial charge in [-0.3, -0.25) is 0 Å². The molecule has 1 atom stereocenters. The highest BCUT2D eigenvalue weighted by Gasteiger charge is 2.16. The van der Waals surface area contributed by atoms with Crippen LogP contribution in [0.2, 0.25) is 0 Å². The first kappa shape index (κ1) is 12.8. The van der Waals surface area contributed by atoms with Gasteiger partial charge in [0.15, 0.2) is 6.29 Å². The number of hydrogen-bond acceptors (Lipinski definition) is 4. The van der Waals surface area contributed by atoms with Gasteiger partial charge in [0.25, 0.3) is 0 Å². The van der Waals surface area contributed by atoms with E-state index in [-0.39, 0.29) is 12.6 Å². The van der Waals surface area contributed by atoms with Crippen LogP contribution in [0.5, 0.6) is 0 Å². The van der Waals surface area contributed by atoms with Crippen molar-refractivity contribution in [2.24, 2.45) is 0 Å². The summed E-state index contributed by atoms with van der Waals surface area (Å²) < 4.78 is 27.8. The van der Waals surface area contributed by atoms with E-state index in [1.807, 2.05) is 0 Å². The summed E-state index contributed by atoms with van der Waals surface area (Å²) in [6, 6.07) is 0. The van der Waals surface area contributed by atoms with Crippen molar-refractivity contribution in [3.8, 4) is 0 Å². The Morgan fingerprint density at radius 2 is 1.92 bits per heavy atom. The molecule has 5 nitrogen and oxygen atoms in total. The Morgan fingerprint density at radius 1 is 1.46 bits per heavy atom. The van der Waals surface area contributed by atoms with Crippen molar-refractivity contribution in [1.82, 2.24) is 4.31 Å². The van der Waals surface area contributed by atoms with Gasteiger partial charge in [-0.1, -0.05) is 0 Å². The van der Waals surface area contributed by atoms with Crippen molar-refractivity contribution < 1.29 is 18.3 Å². The summed E-state index contributed by atoms with van der Waals surface area (Å²) in [6.07, 6.45) is -0.113. The second-order valence-corrected chi connectivity index (χ2v) is 5.27. The van der Waals surface area contributed by atoms with E-state index >= 15 is 0 Å². The molecule has 0 aliphatic carbocycles. The summed E-state index contributed by atoms with van der Waals surface area (Å²) in [4.78, 5) is 0. The summed E-state index contributed by atoms with van der Waals surface area (Å²) >= 11 is 0. The molecular weight excluding hydrogens is 194 g/mol. The van der Waals surface area contributed by atoms with Crippen LogP contribution >= 0.6 is 0 Å². The summed E-state index contributed by atoms with van der Waals surface area (Å²) in [7, 11) is -1.85. The van der Waals surface area contributed by atoms with E-state index < -0.39 is 16.3 Å². The average Bonchev–Trinajstić information content (AvgIpc) is 1.82. The average molecular weight is 211 g/mol. The molecule has 0 bridgehead atoms. The van der Waals surface area contributed by atoms with E-state index in [1.54, 1.807) is 13.8 Å². The lowest BCUT2D eigenvalue weighted by molar-refractivity contribution is -0.128. The fourth-order valence-corrected chi connectivity index (χ4v) is 1.11. The Bertz CT molecular complexity index is 237. The van der Waals surface area contributed by atoms with Gasteiger partial charge in [-0.2, -0.15) is 0 Å². The molecule has 13 heavy (non-hydrogen) atoms. The summed E-state index contributed by atoms with van der Waals surface area (Å²) in [5.74, 6) is 0. The zero-order valence-corrected chi connectivity index (χ0v) is 9.21. The maximum absolute atomic E-state index is 10.9. The fraction of sp³-hybridized carbons (Fsp3) is 1.00. The SMILES string of the molecule is CC(C)O[C@@H](O)CN(C)S(C)(=O)=O. The molecule has 0 heterocycles. The first-order valence-corrected chi connectivity index (χ1v) is 5.83. The monoisotopic (exact) mass is 211 g/mol. The molecule has 0 spiro atoms. The van der Waals surface area contributed by atoms with Gasteiger partial charge in [-0.05, 0) is 13.8 Å². The topological polar surface area (TPSA) is 66.8 Å². The molecule has 80 valence electrons. The lowest BCUT2D eigenvalue weighted by Gasteiger charge is -2.20. The quantitative estimate of drug-likeness (QED) is 0.630. The largest absolute Gasteiger partial charge is 0.367 e. The van der Waals surface area contributed by atoms with Crippen LogP contribution in [0.15, 0.2) is 0 Å². The predicted octanol–water partition coefficient (Wildman–Crippen LogP) is -0.379. The highest BCUT2D eigenvalue weighted by molar-refractivity contribution is 7.88. The number of sulfonamides is 1.